The molecular formula is C13H17N3O. The average molecular weight is 231 g/mol. The Morgan fingerprint density at radius 1 is 1.24 bits per heavy atom. The largest absolute Gasteiger partial charge is 0.472 e. The normalized spacial score (nSPS) is 12.5. The molecule has 90 valence electrons. The zero-order valence-electron chi connectivity index (χ0n) is 9.67. The quantitative estimate of drug-likeness (QED) is 0.586. The first kappa shape index (κ1) is 11.8. The van der Waals surface area contributed by atoms with Gasteiger partial charge in [-0.1, -0.05) is 0 Å². The molecule has 0 fully saturated rings. The summed E-state index contributed by atoms with van der Waals surface area (Å²) in [5, 5.41) is 0. The number of aryl methyl sites for hydroxylation is 1. The summed E-state index contributed by atoms with van der Waals surface area (Å²) in [4.78, 5) is 4.00. The van der Waals surface area contributed by atoms with Crippen LogP contribution in [0.1, 0.15) is 17.5 Å². The molecule has 0 aliphatic heterocycles. The van der Waals surface area contributed by atoms with E-state index < -0.39 is 0 Å². The van der Waals surface area contributed by atoms with E-state index in [4.69, 9.17) is 10.3 Å². The topological polar surface area (TPSA) is 64.1 Å². The number of hydrazine groups is 1. The van der Waals surface area contributed by atoms with Crippen LogP contribution in [0.25, 0.3) is 0 Å². The van der Waals surface area contributed by atoms with Gasteiger partial charge in [-0.2, -0.15) is 0 Å². The molecule has 0 spiro atoms. The Morgan fingerprint density at radius 3 is 2.71 bits per heavy atom. The van der Waals surface area contributed by atoms with E-state index in [1.807, 2.05) is 30.6 Å². The first-order chi connectivity index (χ1) is 8.38. The van der Waals surface area contributed by atoms with Crippen LogP contribution in [0, 0.1) is 0 Å². The third-order valence-corrected chi connectivity index (χ3v) is 2.83. The minimum atomic E-state index is 0.265. The summed E-state index contributed by atoms with van der Waals surface area (Å²) >= 11 is 0. The van der Waals surface area contributed by atoms with Gasteiger partial charge in [0, 0.05) is 18.4 Å². The van der Waals surface area contributed by atoms with Crippen LogP contribution in [-0.2, 0) is 12.8 Å². The number of aromatic nitrogens is 1. The summed E-state index contributed by atoms with van der Waals surface area (Å²) in [7, 11) is 0. The van der Waals surface area contributed by atoms with E-state index in [0.29, 0.717) is 0 Å². The molecule has 2 heterocycles. The average Bonchev–Trinajstić information content (AvgIpc) is 2.88. The monoisotopic (exact) mass is 231 g/mol. The molecule has 2 rings (SSSR count). The molecule has 3 N–H and O–H groups in total. The Balaban J connectivity index is 1.84. The van der Waals surface area contributed by atoms with Crippen molar-refractivity contribution in [3.05, 3.63) is 54.2 Å². The number of rotatable bonds is 6. The molecule has 0 saturated heterocycles. The van der Waals surface area contributed by atoms with Gasteiger partial charge in [0.15, 0.2) is 0 Å². The van der Waals surface area contributed by atoms with Gasteiger partial charge in [-0.15, -0.1) is 0 Å². The zero-order chi connectivity index (χ0) is 11.9. The van der Waals surface area contributed by atoms with E-state index in [-0.39, 0.29) is 6.04 Å². The lowest BCUT2D eigenvalue weighted by molar-refractivity contribution is 0.487. The predicted octanol–water partition coefficient (Wildman–Crippen LogP) is 1.68. The van der Waals surface area contributed by atoms with E-state index in [2.05, 4.69) is 10.4 Å². The zero-order valence-corrected chi connectivity index (χ0v) is 9.67. The van der Waals surface area contributed by atoms with E-state index in [1.54, 1.807) is 12.5 Å². The van der Waals surface area contributed by atoms with Crippen molar-refractivity contribution in [3.8, 4) is 0 Å². The Bertz CT molecular complexity index is 413. The first-order valence-electron chi connectivity index (χ1n) is 5.74. The number of furan rings is 1. The van der Waals surface area contributed by atoms with E-state index in [0.717, 1.165) is 19.3 Å². The number of hydrogen-bond donors (Lipinski definition) is 2. The van der Waals surface area contributed by atoms with Gasteiger partial charge in [0.2, 0.25) is 0 Å². The number of hydrogen-bond acceptors (Lipinski definition) is 4. The lowest BCUT2D eigenvalue weighted by Crippen LogP contribution is -2.37. The molecule has 2 aromatic rings. The third kappa shape index (κ3) is 3.69. The summed E-state index contributed by atoms with van der Waals surface area (Å²) in [5.41, 5.74) is 5.31. The summed E-state index contributed by atoms with van der Waals surface area (Å²) in [6.45, 7) is 0. The summed E-state index contributed by atoms with van der Waals surface area (Å²) < 4.78 is 5.05. The molecule has 0 amide bonds. The second kappa shape index (κ2) is 6.18. The fourth-order valence-corrected chi connectivity index (χ4v) is 1.83. The predicted molar refractivity (Wildman–Crippen MR) is 66.1 cm³/mol. The second-order valence-corrected chi connectivity index (χ2v) is 4.09. The highest BCUT2D eigenvalue weighted by Crippen LogP contribution is 2.09. The van der Waals surface area contributed by atoms with Gasteiger partial charge in [0.1, 0.15) is 0 Å². The fraction of sp³-hybridized carbons (Fsp3) is 0.308. The number of nitrogens with one attached hydrogen (secondary N) is 1. The van der Waals surface area contributed by atoms with Crippen molar-refractivity contribution in [1.82, 2.24) is 10.4 Å². The van der Waals surface area contributed by atoms with Gasteiger partial charge < -0.3 is 4.42 Å². The maximum Gasteiger partial charge on any atom is 0.0935 e. The molecule has 0 bridgehead atoms. The maximum atomic E-state index is 5.56. The van der Waals surface area contributed by atoms with Crippen LogP contribution in [0.3, 0.4) is 0 Å². The minimum absolute atomic E-state index is 0.265. The van der Waals surface area contributed by atoms with Crippen LogP contribution in [0.4, 0.5) is 0 Å². The molecule has 2 aromatic heterocycles. The fourth-order valence-electron chi connectivity index (χ4n) is 1.83. The SMILES string of the molecule is NNC(CCc1ccncc1)Cc1ccoc1. The molecule has 1 atom stereocenters. The lowest BCUT2D eigenvalue weighted by atomic mass is 10.0. The van der Waals surface area contributed by atoms with Crippen molar-refractivity contribution in [1.29, 1.82) is 0 Å². The van der Waals surface area contributed by atoms with Crippen molar-refractivity contribution in [2.24, 2.45) is 5.84 Å². The van der Waals surface area contributed by atoms with Gasteiger partial charge in [0.25, 0.3) is 0 Å². The summed E-state index contributed by atoms with van der Waals surface area (Å²) in [6.07, 6.45) is 9.95. The van der Waals surface area contributed by atoms with Crippen LogP contribution in [0.5, 0.6) is 0 Å². The van der Waals surface area contributed by atoms with Gasteiger partial charge >= 0.3 is 0 Å². The molecule has 0 aliphatic rings. The molecule has 0 aromatic carbocycles. The Kier molecular flexibility index (Phi) is 4.30. The number of nitrogens with zero attached hydrogens (tertiary/aromatic N) is 1. The Hall–Kier alpha value is -1.65. The summed E-state index contributed by atoms with van der Waals surface area (Å²) in [6, 6.07) is 6.30. The van der Waals surface area contributed by atoms with Crippen LogP contribution in [0.15, 0.2) is 47.5 Å². The Labute approximate surface area is 101 Å². The van der Waals surface area contributed by atoms with Crippen LogP contribution in [0.2, 0.25) is 0 Å². The van der Waals surface area contributed by atoms with Crippen molar-refractivity contribution < 1.29 is 4.42 Å². The van der Waals surface area contributed by atoms with E-state index in [9.17, 15) is 0 Å². The van der Waals surface area contributed by atoms with Crippen molar-refractivity contribution in [2.75, 3.05) is 0 Å². The Morgan fingerprint density at radius 2 is 2.06 bits per heavy atom. The highest BCUT2D eigenvalue weighted by atomic mass is 16.3. The molecule has 17 heavy (non-hydrogen) atoms. The van der Waals surface area contributed by atoms with Crippen LogP contribution in [-0.4, -0.2) is 11.0 Å². The highest BCUT2D eigenvalue weighted by Gasteiger charge is 2.08. The van der Waals surface area contributed by atoms with E-state index in [1.165, 1.54) is 11.1 Å². The third-order valence-electron chi connectivity index (χ3n) is 2.83. The molecule has 0 radical (unpaired) electrons. The van der Waals surface area contributed by atoms with Gasteiger partial charge in [-0.05, 0) is 48.6 Å². The molecule has 1 unspecified atom stereocenters. The molecule has 0 aliphatic carbocycles. The minimum Gasteiger partial charge on any atom is -0.472 e. The smallest absolute Gasteiger partial charge is 0.0935 e. The van der Waals surface area contributed by atoms with E-state index >= 15 is 0 Å². The second-order valence-electron chi connectivity index (χ2n) is 4.09. The van der Waals surface area contributed by atoms with Crippen molar-refractivity contribution >= 4 is 0 Å². The van der Waals surface area contributed by atoms with Gasteiger partial charge in [0.05, 0.1) is 12.5 Å². The molecule has 4 heteroatoms. The van der Waals surface area contributed by atoms with Crippen LogP contribution < -0.4 is 11.3 Å². The number of pyridine rings is 1. The first-order valence-corrected chi connectivity index (χ1v) is 5.74. The summed E-state index contributed by atoms with van der Waals surface area (Å²) in [5.74, 6) is 5.56. The lowest BCUT2D eigenvalue weighted by Gasteiger charge is -2.14. The van der Waals surface area contributed by atoms with Crippen molar-refractivity contribution in [2.45, 2.75) is 25.3 Å². The highest BCUT2D eigenvalue weighted by molar-refractivity contribution is 5.11. The van der Waals surface area contributed by atoms with Gasteiger partial charge in [-0.3, -0.25) is 16.3 Å². The van der Waals surface area contributed by atoms with Gasteiger partial charge in [-0.25, -0.2) is 0 Å². The molecular weight excluding hydrogens is 214 g/mol. The molecule has 4 nitrogen and oxygen atoms in total. The number of nitrogens with two attached hydrogens (primary N) is 1. The maximum absolute atomic E-state index is 5.56. The van der Waals surface area contributed by atoms with Crippen molar-refractivity contribution in [3.63, 3.8) is 0 Å². The standard InChI is InChI=1S/C13H17N3O/c14-16-13(9-12-5-8-17-10-12)2-1-11-3-6-15-7-4-11/h3-8,10,13,16H,1-2,9,14H2. The van der Waals surface area contributed by atoms with Crippen LogP contribution >= 0.6 is 0 Å². The molecule has 0 saturated carbocycles.